The van der Waals surface area contributed by atoms with Crippen LogP contribution in [-0.4, -0.2) is 0 Å². The van der Waals surface area contributed by atoms with E-state index >= 15 is 0 Å². The first-order chi connectivity index (χ1) is 8.86. The van der Waals surface area contributed by atoms with E-state index in [0.717, 1.165) is 0 Å². The number of hydrogen-bond donors (Lipinski definition) is 0. The summed E-state index contributed by atoms with van der Waals surface area (Å²) in [5.74, 6) is 0. The first-order valence-corrected chi connectivity index (χ1v) is 6.30. The van der Waals surface area contributed by atoms with E-state index in [0.29, 0.717) is 0 Å². The highest BCUT2D eigenvalue weighted by molar-refractivity contribution is 5.98. The summed E-state index contributed by atoms with van der Waals surface area (Å²) in [7, 11) is 0. The van der Waals surface area contributed by atoms with Crippen molar-refractivity contribution in [3.8, 4) is 11.1 Å². The van der Waals surface area contributed by atoms with Crippen LogP contribution in [0.3, 0.4) is 0 Å². The summed E-state index contributed by atoms with van der Waals surface area (Å²) in [4.78, 5) is 0. The molecule has 0 heteroatoms. The third kappa shape index (κ3) is 2.98. The lowest BCUT2D eigenvalue weighted by atomic mass is 10.2. The Morgan fingerprint density at radius 1 is 0.667 bits per heavy atom. The van der Waals surface area contributed by atoms with Crippen molar-refractivity contribution in [2.24, 2.45) is 0 Å². The standard InChI is InChI=1S/C9H8.C9H10/c1-2-4-7-8-5-3-6-9(7)8;1-2-6-9-7-4-3-5-8-9/h2-6H,1H3;2-8H,1H3/b4-2+;6-2+. The number of benzene rings is 2. The molecule has 0 aromatic heterocycles. The van der Waals surface area contributed by atoms with E-state index in [2.05, 4.69) is 48.6 Å². The summed E-state index contributed by atoms with van der Waals surface area (Å²) in [6.45, 7) is 4.07. The van der Waals surface area contributed by atoms with Crippen molar-refractivity contribution >= 4 is 12.2 Å². The highest BCUT2D eigenvalue weighted by Gasteiger charge is 2.19. The van der Waals surface area contributed by atoms with E-state index in [-0.39, 0.29) is 0 Å². The van der Waals surface area contributed by atoms with Gasteiger partial charge in [-0.25, -0.2) is 0 Å². The fourth-order valence-electron chi connectivity index (χ4n) is 1.94. The van der Waals surface area contributed by atoms with Gasteiger partial charge in [0.05, 0.1) is 0 Å². The molecule has 0 fully saturated rings. The Morgan fingerprint density at radius 3 is 1.83 bits per heavy atom. The van der Waals surface area contributed by atoms with Crippen molar-refractivity contribution in [3.05, 3.63) is 71.8 Å². The topological polar surface area (TPSA) is 0 Å². The summed E-state index contributed by atoms with van der Waals surface area (Å²) in [5.41, 5.74) is 5.57. The molecule has 0 spiro atoms. The lowest BCUT2D eigenvalue weighted by Crippen LogP contribution is -1.65. The van der Waals surface area contributed by atoms with E-state index in [1.54, 1.807) is 0 Å². The zero-order valence-corrected chi connectivity index (χ0v) is 10.9. The van der Waals surface area contributed by atoms with Crippen molar-refractivity contribution in [3.63, 3.8) is 0 Å². The maximum Gasteiger partial charge on any atom is -0.00991 e. The summed E-state index contributed by atoms with van der Waals surface area (Å²) in [6, 6.07) is 16.7. The molecule has 2 aliphatic carbocycles. The molecule has 0 amide bonds. The maximum absolute atomic E-state index is 2.16. The van der Waals surface area contributed by atoms with Crippen LogP contribution in [0.1, 0.15) is 25.0 Å². The number of hydrogen-bond acceptors (Lipinski definition) is 0. The van der Waals surface area contributed by atoms with Crippen molar-refractivity contribution in [2.75, 3.05) is 0 Å². The second-order valence-electron chi connectivity index (χ2n) is 4.18. The Hall–Kier alpha value is -2.08. The van der Waals surface area contributed by atoms with Crippen LogP contribution < -0.4 is 0 Å². The minimum atomic E-state index is 1.26. The molecule has 0 N–H and O–H groups in total. The quantitative estimate of drug-likeness (QED) is 0.555. The molecule has 0 saturated carbocycles. The van der Waals surface area contributed by atoms with Gasteiger partial charge < -0.3 is 0 Å². The highest BCUT2D eigenvalue weighted by atomic mass is 14.2. The van der Waals surface area contributed by atoms with Crippen LogP contribution in [0.25, 0.3) is 23.3 Å². The van der Waals surface area contributed by atoms with Crippen LogP contribution in [-0.2, 0) is 0 Å². The lowest BCUT2D eigenvalue weighted by molar-refractivity contribution is 1.64. The third-order valence-corrected chi connectivity index (χ3v) is 2.83. The van der Waals surface area contributed by atoms with Gasteiger partial charge in [-0.05, 0) is 36.1 Å². The highest BCUT2D eigenvalue weighted by Crippen LogP contribution is 2.43. The average Bonchev–Trinajstić information content (AvgIpc) is 2.86. The van der Waals surface area contributed by atoms with Crippen LogP contribution in [0.4, 0.5) is 0 Å². The van der Waals surface area contributed by atoms with Gasteiger partial charge in [0.2, 0.25) is 0 Å². The van der Waals surface area contributed by atoms with Gasteiger partial charge in [0, 0.05) is 0 Å². The molecular formula is C18H18. The SMILES string of the molecule is C/C=C/c1c2cccc1-2.C/C=C/c1ccccc1. The van der Waals surface area contributed by atoms with Crippen LogP contribution >= 0.6 is 0 Å². The molecule has 0 unspecified atom stereocenters. The van der Waals surface area contributed by atoms with Crippen LogP contribution in [0, 0.1) is 0 Å². The molecule has 0 aliphatic heterocycles. The Balaban J connectivity index is 0.000000134. The molecule has 0 saturated heterocycles. The lowest BCUT2D eigenvalue weighted by Gasteiger charge is -1.86. The van der Waals surface area contributed by atoms with E-state index in [1.807, 2.05) is 38.1 Å². The Bertz CT molecular complexity index is 530. The van der Waals surface area contributed by atoms with Gasteiger partial charge in [-0.1, -0.05) is 72.8 Å². The minimum absolute atomic E-state index is 1.26. The van der Waals surface area contributed by atoms with Gasteiger partial charge in [-0.2, -0.15) is 0 Å². The molecule has 0 bridgehead atoms. The Kier molecular flexibility index (Phi) is 4.14. The van der Waals surface area contributed by atoms with Gasteiger partial charge in [-0.3, -0.25) is 0 Å². The maximum atomic E-state index is 2.16. The zero-order valence-electron chi connectivity index (χ0n) is 10.9. The minimum Gasteiger partial charge on any atom is -0.0871 e. The summed E-state index contributed by atoms with van der Waals surface area (Å²) < 4.78 is 0. The predicted octanol–water partition coefficient (Wildman–Crippen LogP) is 5.42. The van der Waals surface area contributed by atoms with Crippen molar-refractivity contribution in [1.82, 2.24) is 0 Å². The zero-order chi connectivity index (χ0) is 12.8. The number of allylic oxidation sites excluding steroid dienone is 2. The molecule has 3 rings (SSSR count). The molecule has 0 heterocycles. The fourth-order valence-corrected chi connectivity index (χ4v) is 1.94. The molecule has 90 valence electrons. The van der Waals surface area contributed by atoms with Crippen LogP contribution in [0.15, 0.2) is 60.7 Å². The molecule has 0 radical (unpaired) electrons. The second-order valence-corrected chi connectivity index (χ2v) is 4.18. The average molecular weight is 234 g/mol. The molecule has 2 aliphatic rings. The van der Waals surface area contributed by atoms with Crippen LogP contribution in [0.2, 0.25) is 0 Å². The number of fused-ring (bicyclic) bond motifs is 1. The van der Waals surface area contributed by atoms with E-state index in [4.69, 9.17) is 0 Å². The van der Waals surface area contributed by atoms with E-state index in [9.17, 15) is 0 Å². The van der Waals surface area contributed by atoms with Gasteiger partial charge >= 0.3 is 0 Å². The van der Waals surface area contributed by atoms with Gasteiger partial charge in [0.25, 0.3) is 0 Å². The molecule has 0 atom stereocenters. The molecular weight excluding hydrogens is 216 g/mol. The smallest absolute Gasteiger partial charge is 0.00991 e. The largest absolute Gasteiger partial charge is 0.0871 e. The first-order valence-electron chi connectivity index (χ1n) is 6.30. The van der Waals surface area contributed by atoms with Gasteiger partial charge in [-0.15, -0.1) is 0 Å². The molecule has 1 aromatic carbocycles. The van der Waals surface area contributed by atoms with Crippen molar-refractivity contribution in [2.45, 2.75) is 13.8 Å². The third-order valence-electron chi connectivity index (χ3n) is 2.83. The van der Waals surface area contributed by atoms with E-state index < -0.39 is 0 Å². The van der Waals surface area contributed by atoms with Crippen molar-refractivity contribution < 1.29 is 0 Å². The van der Waals surface area contributed by atoms with Gasteiger partial charge in [0.15, 0.2) is 0 Å². The summed E-state index contributed by atoms with van der Waals surface area (Å²) in [6.07, 6.45) is 8.36. The summed E-state index contributed by atoms with van der Waals surface area (Å²) in [5, 5.41) is 0. The summed E-state index contributed by atoms with van der Waals surface area (Å²) >= 11 is 0. The Morgan fingerprint density at radius 2 is 1.28 bits per heavy atom. The monoisotopic (exact) mass is 234 g/mol. The number of rotatable bonds is 2. The Labute approximate surface area is 109 Å². The molecule has 1 aromatic rings. The fraction of sp³-hybridized carbons (Fsp3) is 0.111. The second kappa shape index (κ2) is 6.02. The normalized spacial score (nSPS) is 11.4. The van der Waals surface area contributed by atoms with E-state index in [1.165, 1.54) is 22.3 Å². The molecule has 0 nitrogen and oxygen atoms in total. The van der Waals surface area contributed by atoms with Crippen LogP contribution in [0.5, 0.6) is 0 Å². The molecule has 18 heavy (non-hydrogen) atoms. The van der Waals surface area contributed by atoms with Gasteiger partial charge in [0.1, 0.15) is 0 Å². The van der Waals surface area contributed by atoms with Crippen molar-refractivity contribution in [1.29, 1.82) is 0 Å². The predicted molar refractivity (Wildman–Crippen MR) is 81.3 cm³/mol. The first kappa shape index (κ1) is 12.4.